The Morgan fingerprint density at radius 3 is 2.75 bits per heavy atom. The lowest BCUT2D eigenvalue weighted by molar-refractivity contribution is -0.0549. The predicted octanol–water partition coefficient (Wildman–Crippen LogP) is 3.39. The number of aliphatic hydroxyl groups is 1. The van der Waals surface area contributed by atoms with E-state index < -0.39 is 36.5 Å². The van der Waals surface area contributed by atoms with Gasteiger partial charge in [0.2, 0.25) is 0 Å². The summed E-state index contributed by atoms with van der Waals surface area (Å²) < 4.78 is 40.0. The molecule has 3 rings (SSSR count). The third kappa shape index (κ3) is 3.39. The summed E-state index contributed by atoms with van der Waals surface area (Å²) in [5.74, 6) is 0. The Morgan fingerprint density at radius 1 is 1.33 bits per heavy atom. The summed E-state index contributed by atoms with van der Waals surface area (Å²) in [6.07, 6.45) is -1.35. The van der Waals surface area contributed by atoms with E-state index in [4.69, 9.17) is 5.73 Å². The van der Waals surface area contributed by atoms with Crippen LogP contribution in [0.4, 0.5) is 18.9 Å². The molecule has 132 valence electrons. The summed E-state index contributed by atoms with van der Waals surface area (Å²) >= 11 is -1.40. The van der Waals surface area contributed by atoms with Crippen molar-refractivity contribution < 1.29 is 18.3 Å². The van der Waals surface area contributed by atoms with Crippen LogP contribution in [0.1, 0.15) is 24.8 Å². The van der Waals surface area contributed by atoms with Gasteiger partial charge in [-0.1, -0.05) is 39.3 Å². The summed E-state index contributed by atoms with van der Waals surface area (Å²) in [6.45, 7) is 0.849. The standard InChI is InChI=1S/C17H20F3IN2O/c1-23-8-3-2-7-13(23)16(24)11-9-14(17(18,19)20)21-15-10(11)5-4-6-12(15)22/h4-6,9,13,16,24H,2-3,7-8,22H2,1H3. The first-order valence-corrected chi connectivity index (χ1v) is 10.0. The van der Waals surface area contributed by atoms with E-state index in [0.717, 1.165) is 25.8 Å². The predicted molar refractivity (Wildman–Crippen MR) is 98.9 cm³/mol. The van der Waals surface area contributed by atoms with E-state index in [-0.39, 0.29) is 6.04 Å². The molecular formula is C17H20F3IN2O. The van der Waals surface area contributed by atoms with Crippen molar-refractivity contribution in [2.75, 3.05) is 19.3 Å². The molecule has 0 aromatic heterocycles. The van der Waals surface area contributed by atoms with Crippen LogP contribution in [0.15, 0.2) is 24.3 Å². The molecule has 3 nitrogen and oxygen atoms in total. The van der Waals surface area contributed by atoms with Crippen molar-refractivity contribution in [3.05, 3.63) is 33.4 Å². The molecule has 2 unspecified atom stereocenters. The Kier molecular flexibility index (Phi) is 5.04. The first-order valence-electron chi connectivity index (χ1n) is 7.87. The molecule has 7 heteroatoms. The molecule has 1 aromatic rings. The zero-order chi connectivity index (χ0) is 17.5. The number of rotatable bonds is 2. The minimum atomic E-state index is -4.38. The highest BCUT2D eigenvalue weighted by Gasteiger charge is 2.38. The van der Waals surface area contributed by atoms with Gasteiger partial charge in [0.15, 0.2) is 0 Å². The van der Waals surface area contributed by atoms with E-state index in [2.05, 4.69) is 0 Å². The van der Waals surface area contributed by atoms with Crippen LogP contribution in [-0.4, -0.2) is 45.4 Å². The van der Waals surface area contributed by atoms with Gasteiger partial charge in [-0.05, 0) is 49.7 Å². The van der Waals surface area contributed by atoms with Gasteiger partial charge in [0.1, 0.15) is 0 Å². The quantitative estimate of drug-likeness (QED) is 0.535. The molecule has 1 aromatic carbocycles. The van der Waals surface area contributed by atoms with E-state index in [9.17, 15) is 18.3 Å². The molecule has 0 aliphatic carbocycles. The zero-order valence-electron chi connectivity index (χ0n) is 13.3. The molecule has 0 saturated carbocycles. The van der Waals surface area contributed by atoms with Crippen molar-refractivity contribution in [1.82, 2.24) is 4.90 Å². The maximum atomic E-state index is 13.3. The summed E-state index contributed by atoms with van der Waals surface area (Å²) in [6, 6.07) is 4.98. The van der Waals surface area contributed by atoms with Crippen molar-refractivity contribution in [3.8, 4) is 0 Å². The number of piperidine rings is 1. The second-order valence-corrected chi connectivity index (χ2v) is 9.02. The molecule has 24 heavy (non-hydrogen) atoms. The third-order valence-electron chi connectivity index (χ3n) is 4.60. The molecule has 3 N–H and O–H groups in total. The average Bonchev–Trinajstić information content (AvgIpc) is 2.53. The summed E-state index contributed by atoms with van der Waals surface area (Å²) in [5, 5.41) is 10.9. The summed E-state index contributed by atoms with van der Waals surface area (Å²) in [5.41, 5.74) is 7.37. The zero-order valence-corrected chi connectivity index (χ0v) is 15.4. The van der Waals surface area contributed by atoms with Gasteiger partial charge >= 0.3 is 6.18 Å². The number of alkyl halides is 3. The number of hydrogen-bond acceptors (Lipinski definition) is 3. The van der Waals surface area contributed by atoms with Crippen molar-refractivity contribution >= 4 is 35.5 Å². The molecule has 2 heterocycles. The topological polar surface area (TPSA) is 49.5 Å². The van der Waals surface area contributed by atoms with Crippen molar-refractivity contribution in [2.24, 2.45) is 0 Å². The van der Waals surface area contributed by atoms with Crippen LogP contribution in [-0.2, 0) is 0 Å². The Bertz CT molecular complexity index is 700. The fraction of sp³-hybridized carbons (Fsp3) is 0.471. The van der Waals surface area contributed by atoms with E-state index in [1.807, 2.05) is 11.9 Å². The number of benzene rings is 1. The highest BCUT2D eigenvalue weighted by molar-refractivity contribution is 14.2. The smallest absolute Gasteiger partial charge is 0.398 e. The van der Waals surface area contributed by atoms with Gasteiger partial charge < -0.3 is 15.7 Å². The van der Waals surface area contributed by atoms with Crippen LogP contribution in [0.2, 0.25) is 0 Å². The average molecular weight is 452 g/mol. The number of aliphatic hydroxyl groups excluding tert-OH is 1. The fourth-order valence-electron chi connectivity index (χ4n) is 3.31. The highest BCUT2D eigenvalue weighted by atomic mass is 127. The Hall–Kier alpha value is -0.930. The lowest BCUT2D eigenvalue weighted by Crippen LogP contribution is -2.45. The van der Waals surface area contributed by atoms with E-state index in [0.29, 0.717) is 20.4 Å². The Balaban J connectivity index is 2.07. The number of nitrogen functional groups attached to an aromatic ring is 1. The number of nitrogens with two attached hydrogens (primary N) is 1. The summed E-state index contributed by atoms with van der Waals surface area (Å²) in [7, 11) is 1.91. The first-order chi connectivity index (χ1) is 11.3. The maximum absolute atomic E-state index is 13.3. The van der Waals surface area contributed by atoms with Crippen molar-refractivity contribution in [3.63, 3.8) is 0 Å². The number of likely N-dealkylation sites (tertiary alicyclic amines) is 1. The van der Waals surface area contributed by atoms with Crippen LogP contribution in [0, 0.1) is 3.57 Å². The fourth-order valence-corrected chi connectivity index (χ4v) is 5.96. The van der Waals surface area contributed by atoms with Gasteiger partial charge in [-0.2, -0.15) is 13.2 Å². The Morgan fingerprint density at radius 2 is 2.08 bits per heavy atom. The lowest BCUT2D eigenvalue weighted by Gasteiger charge is -2.37. The lowest BCUT2D eigenvalue weighted by atomic mass is 9.89. The van der Waals surface area contributed by atoms with E-state index in [1.54, 1.807) is 18.2 Å². The molecular weight excluding hydrogens is 432 g/mol. The van der Waals surface area contributed by atoms with Crippen LogP contribution in [0.5, 0.6) is 0 Å². The SMILES string of the molecule is CN1CCCCC1C(O)C1=CC(C(F)(F)F)=Ic2c(N)cccc21. The van der Waals surface area contributed by atoms with Crippen molar-refractivity contribution in [1.29, 1.82) is 0 Å². The molecule has 1 fully saturated rings. The van der Waals surface area contributed by atoms with Gasteiger partial charge in [0.25, 0.3) is 0 Å². The van der Waals surface area contributed by atoms with Crippen LogP contribution >= 0.6 is 20.7 Å². The second kappa shape index (κ2) is 6.76. The minimum Gasteiger partial charge on any atom is -0.398 e. The second-order valence-electron chi connectivity index (χ2n) is 6.24. The number of hydrogen-bond donors (Lipinski definition) is 2. The molecule has 0 amide bonds. The van der Waals surface area contributed by atoms with Crippen LogP contribution in [0.25, 0.3) is 5.57 Å². The van der Waals surface area contributed by atoms with E-state index >= 15 is 0 Å². The van der Waals surface area contributed by atoms with Gasteiger partial charge in [-0.3, -0.25) is 0 Å². The number of anilines is 1. The van der Waals surface area contributed by atoms with Gasteiger partial charge in [0.05, 0.1) is 9.61 Å². The van der Waals surface area contributed by atoms with Crippen molar-refractivity contribution in [2.45, 2.75) is 37.6 Å². The van der Waals surface area contributed by atoms with Gasteiger partial charge in [-0.25, -0.2) is 0 Å². The van der Waals surface area contributed by atoms with Gasteiger partial charge in [0, 0.05) is 15.3 Å². The van der Waals surface area contributed by atoms with E-state index in [1.165, 1.54) is 6.08 Å². The van der Waals surface area contributed by atoms with Gasteiger partial charge in [-0.15, -0.1) is 0 Å². The Labute approximate surface area is 149 Å². The molecule has 2 atom stereocenters. The molecule has 0 spiro atoms. The summed E-state index contributed by atoms with van der Waals surface area (Å²) in [4.78, 5) is 2.04. The number of fused-ring (bicyclic) bond motifs is 1. The van der Waals surface area contributed by atoms with Crippen LogP contribution in [0.3, 0.4) is 0 Å². The molecule has 2 aliphatic heterocycles. The number of nitrogens with zero attached hydrogens (tertiary/aromatic N) is 1. The maximum Gasteiger partial charge on any atom is 0.421 e. The normalized spacial score (nSPS) is 23.6. The molecule has 1 saturated heterocycles. The number of halogens is 4. The van der Waals surface area contributed by atoms with Crippen LogP contribution < -0.4 is 5.73 Å². The number of allylic oxidation sites excluding steroid dienone is 1. The monoisotopic (exact) mass is 452 g/mol. The highest BCUT2D eigenvalue weighted by Crippen LogP contribution is 2.41. The molecule has 0 radical (unpaired) electrons. The number of likely N-dealkylation sites (N-methyl/N-ethyl adjacent to an activating group) is 1. The molecule has 2 aliphatic rings. The largest absolute Gasteiger partial charge is 0.421 e. The first kappa shape index (κ1) is 17.9. The minimum absolute atomic E-state index is 0.162. The third-order valence-corrected chi connectivity index (χ3v) is 7.85. The molecule has 0 bridgehead atoms.